The summed E-state index contributed by atoms with van der Waals surface area (Å²) < 4.78 is 8.72. The van der Waals surface area contributed by atoms with E-state index in [1.807, 2.05) is 42.8 Å². The van der Waals surface area contributed by atoms with Crippen molar-refractivity contribution in [2.24, 2.45) is 7.05 Å². The molecule has 84 valence electrons. The minimum absolute atomic E-state index is 0.442. The molecule has 5 heteroatoms. The third-order valence-corrected chi connectivity index (χ3v) is 3.02. The molecule has 2 aromatic rings. The number of aromatic nitrogens is 3. The average Bonchev–Trinajstić information content (AvgIpc) is 2.57. The molecule has 1 aromatic carbocycles. The Morgan fingerprint density at radius 3 is 2.81 bits per heavy atom. The molecule has 0 aliphatic rings. The second kappa shape index (κ2) is 4.82. The minimum Gasteiger partial charge on any atom is -0.486 e. The topological polar surface area (TPSA) is 39.9 Å². The van der Waals surface area contributed by atoms with Crippen LogP contribution in [0.2, 0.25) is 0 Å². The van der Waals surface area contributed by atoms with Crippen LogP contribution in [0.25, 0.3) is 0 Å². The van der Waals surface area contributed by atoms with E-state index in [-0.39, 0.29) is 0 Å². The van der Waals surface area contributed by atoms with Crippen LogP contribution in [0.5, 0.6) is 5.75 Å². The van der Waals surface area contributed by atoms with E-state index in [9.17, 15) is 0 Å². The van der Waals surface area contributed by atoms with Crippen LogP contribution < -0.4 is 4.74 Å². The van der Waals surface area contributed by atoms with E-state index in [4.69, 9.17) is 4.74 Å². The summed E-state index contributed by atoms with van der Waals surface area (Å²) in [5, 5.41) is 8.02. The summed E-state index contributed by atoms with van der Waals surface area (Å²) in [5.74, 6) is 2.57. The number of hydrogen-bond donors (Lipinski definition) is 0. The fourth-order valence-corrected chi connectivity index (χ4v) is 1.80. The molecule has 0 radical (unpaired) electrons. The smallest absolute Gasteiger partial charge is 0.170 e. The van der Waals surface area contributed by atoms with Crippen molar-refractivity contribution in [1.82, 2.24) is 14.8 Å². The highest BCUT2D eigenvalue weighted by atomic mass is 127. The summed E-state index contributed by atoms with van der Waals surface area (Å²) in [6, 6.07) is 7.92. The first kappa shape index (κ1) is 11.4. The molecule has 0 bridgehead atoms. The number of hydrogen-bond acceptors (Lipinski definition) is 3. The lowest BCUT2D eigenvalue weighted by molar-refractivity contribution is 0.291. The van der Waals surface area contributed by atoms with Crippen molar-refractivity contribution in [3.8, 4) is 5.75 Å². The predicted molar refractivity (Wildman–Crippen MR) is 69.2 cm³/mol. The van der Waals surface area contributed by atoms with Gasteiger partial charge in [0.2, 0.25) is 0 Å². The molecular formula is C11H12IN3O. The summed E-state index contributed by atoms with van der Waals surface area (Å²) in [4.78, 5) is 0. The van der Waals surface area contributed by atoms with E-state index in [0.717, 1.165) is 21.0 Å². The van der Waals surface area contributed by atoms with Gasteiger partial charge in [0, 0.05) is 10.6 Å². The Balaban J connectivity index is 2.05. The lowest BCUT2D eigenvalue weighted by Gasteiger charge is -2.05. The number of ether oxygens (including phenoxy) is 1. The van der Waals surface area contributed by atoms with Crippen LogP contribution in [0.1, 0.15) is 11.6 Å². The Labute approximate surface area is 108 Å². The third-order valence-electron chi connectivity index (χ3n) is 2.35. The van der Waals surface area contributed by atoms with Gasteiger partial charge in [-0.1, -0.05) is 6.07 Å². The van der Waals surface area contributed by atoms with E-state index in [0.29, 0.717) is 6.61 Å². The first-order valence-corrected chi connectivity index (χ1v) is 5.98. The van der Waals surface area contributed by atoms with Gasteiger partial charge < -0.3 is 9.30 Å². The highest BCUT2D eigenvalue weighted by Crippen LogP contribution is 2.15. The van der Waals surface area contributed by atoms with Gasteiger partial charge in [-0.3, -0.25) is 0 Å². The molecule has 0 fully saturated rings. The molecular weight excluding hydrogens is 317 g/mol. The normalized spacial score (nSPS) is 10.4. The third kappa shape index (κ3) is 2.52. The van der Waals surface area contributed by atoms with Gasteiger partial charge in [0.1, 0.15) is 18.2 Å². The number of nitrogens with zero attached hydrogens (tertiary/aromatic N) is 3. The van der Waals surface area contributed by atoms with Crippen LogP contribution in [-0.2, 0) is 13.7 Å². The van der Waals surface area contributed by atoms with Crippen molar-refractivity contribution in [1.29, 1.82) is 0 Å². The van der Waals surface area contributed by atoms with E-state index >= 15 is 0 Å². The molecule has 16 heavy (non-hydrogen) atoms. The molecule has 0 atom stereocenters. The van der Waals surface area contributed by atoms with Crippen LogP contribution in [0, 0.1) is 10.5 Å². The van der Waals surface area contributed by atoms with Gasteiger partial charge in [-0.2, -0.15) is 0 Å². The summed E-state index contributed by atoms with van der Waals surface area (Å²) in [7, 11) is 1.93. The molecule has 0 aliphatic carbocycles. The fraction of sp³-hybridized carbons (Fsp3) is 0.273. The van der Waals surface area contributed by atoms with E-state index in [1.165, 1.54) is 0 Å². The van der Waals surface area contributed by atoms with Gasteiger partial charge in [0.05, 0.1) is 0 Å². The van der Waals surface area contributed by atoms with Crippen molar-refractivity contribution in [3.63, 3.8) is 0 Å². The SMILES string of the molecule is Cc1nnc(COc2cccc(I)c2)n1C. The monoisotopic (exact) mass is 329 g/mol. The zero-order valence-corrected chi connectivity index (χ0v) is 11.3. The van der Waals surface area contributed by atoms with Crippen molar-refractivity contribution in [3.05, 3.63) is 39.5 Å². The fourth-order valence-electron chi connectivity index (χ4n) is 1.28. The maximum absolute atomic E-state index is 5.64. The summed E-state index contributed by atoms with van der Waals surface area (Å²) in [6.45, 7) is 2.36. The highest BCUT2D eigenvalue weighted by molar-refractivity contribution is 14.1. The van der Waals surface area contributed by atoms with E-state index < -0.39 is 0 Å². The van der Waals surface area contributed by atoms with Gasteiger partial charge in [-0.15, -0.1) is 10.2 Å². The Morgan fingerprint density at radius 1 is 1.38 bits per heavy atom. The van der Waals surface area contributed by atoms with Crippen LogP contribution in [0.15, 0.2) is 24.3 Å². The molecule has 1 aromatic heterocycles. The van der Waals surface area contributed by atoms with Crippen LogP contribution in [0.3, 0.4) is 0 Å². The zero-order valence-electron chi connectivity index (χ0n) is 9.14. The number of benzene rings is 1. The van der Waals surface area contributed by atoms with Crippen molar-refractivity contribution in [2.45, 2.75) is 13.5 Å². The molecule has 1 heterocycles. The van der Waals surface area contributed by atoms with Gasteiger partial charge in [0.25, 0.3) is 0 Å². The molecule has 0 unspecified atom stereocenters. The standard InChI is InChI=1S/C11H12IN3O/c1-8-13-14-11(15(8)2)7-16-10-5-3-4-9(12)6-10/h3-6H,7H2,1-2H3. The largest absolute Gasteiger partial charge is 0.486 e. The molecule has 0 saturated heterocycles. The van der Waals surface area contributed by atoms with Gasteiger partial charge >= 0.3 is 0 Å². The van der Waals surface area contributed by atoms with Crippen molar-refractivity contribution < 1.29 is 4.74 Å². The lowest BCUT2D eigenvalue weighted by Crippen LogP contribution is -2.04. The van der Waals surface area contributed by atoms with Crippen LogP contribution in [-0.4, -0.2) is 14.8 Å². The van der Waals surface area contributed by atoms with Crippen molar-refractivity contribution in [2.75, 3.05) is 0 Å². The molecule has 0 N–H and O–H groups in total. The molecule has 4 nitrogen and oxygen atoms in total. The number of aryl methyl sites for hydroxylation is 1. The van der Waals surface area contributed by atoms with E-state index in [2.05, 4.69) is 32.8 Å². The zero-order chi connectivity index (χ0) is 11.5. The maximum Gasteiger partial charge on any atom is 0.170 e. The minimum atomic E-state index is 0.442. The quantitative estimate of drug-likeness (QED) is 0.812. The second-order valence-electron chi connectivity index (χ2n) is 3.47. The highest BCUT2D eigenvalue weighted by Gasteiger charge is 2.05. The van der Waals surface area contributed by atoms with Gasteiger partial charge in [-0.05, 0) is 47.7 Å². The Kier molecular flexibility index (Phi) is 3.42. The molecule has 2 rings (SSSR count). The maximum atomic E-state index is 5.64. The summed E-state index contributed by atoms with van der Waals surface area (Å²) >= 11 is 2.26. The summed E-state index contributed by atoms with van der Waals surface area (Å²) in [6.07, 6.45) is 0. The van der Waals surface area contributed by atoms with Gasteiger partial charge in [-0.25, -0.2) is 0 Å². The van der Waals surface area contributed by atoms with Crippen LogP contribution in [0.4, 0.5) is 0 Å². The Hall–Kier alpha value is -1.11. The first-order chi connectivity index (χ1) is 7.66. The number of halogens is 1. The average molecular weight is 329 g/mol. The predicted octanol–water partition coefficient (Wildman–Crippen LogP) is 2.31. The molecule has 0 spiro atoms. The molecule has 0 aliphatic heterocycles. The molecule has 0 saturated carbocycles. The second-order valence-corrected chi connectivity index (χ2v) is 4.71. The Morgan fingerprint density at radius 2 is 2.19 bits per heavy atom. The number of rotatable bonds is 3. The molecule has 0 amide bonds. The van der Waals surface area contributed by atoms with Gasteiger partial charge in [0.15, 0.2) is 5.82 Å². The summed E-state index contributed by atoms with van der Waals surface area (Å²) in [5.41, 5.74) is 0. The lowest BCUT2D eigenvalue weighted by atomic mass is 10.3. The van der Waals surface area contributed by atoms with E-state index in [1.54, 1.807) is 0 Å². The van der Waals surface area contributed by atoms with Crippen LogP contribution >= 0.6 is 22.6 Å². The first-order valence-electron chi connectivity index (χ1n) is 4.90. The van der Waals surface area contributed by atoms with Crippen molar-refractivity contribution >= 4 is 22.6 Å². The Bertz CT molecular complexity index is 496.